The molecule has 2 aliphatic heterocycles. The summed E-state index contributed by atoms with van der Waals surface area (Å²) in [6.45, 7) is 1.05. The van der Waals surface area contributed by atoms with E-state index < -0.39 is 30.4 Å². The Morgan fingerprint density at radius 3 is 2.68 bits per heavy atom. The second-order valence-electron chi connectivity index (χ2n) is 3.96. The molecule has 0 unspecified atom stereocenters. The van der Waals surface area contributed by atoms with Crippen LogP contribution in [-0.4, -0.2) is 59.2 Å². The fourth-order valence-corrected chi connectivity index (χ4v) is 2.30. The van der Waals surface area contributed by atoms with Gasteiger partial charge in [-0.25, -0.2) is 0 Å². The summed E-state index contributed by atoms with van der Waals surface area (Å²) in [6, 6.07) is 0. The first-order valence-electron chi connectivity index (χ1n) is 5.50. The van der Waals surface area contributed by atoms with Gasteiger partial charge in [0.05, 0.1) is 6.61 Å². The van der Waals surface area contributed by atoms with E-state index >= 15 is 0 Å². The molecular weight excluding hydrogens is 296 g/mol. The number of ether oxygens (including phenoxy) is 5. The van der Waals surface area contributed by atoms with Crippen LogP contribution in [0.1, 0.15) is 6.92 Å². The summed E-state index contributed by atoms with van der Waals surface area (Å²) < 4.78 is 25.8. The topological polar surface area (TPSA) is 83.5 Å². The molecule has 0 bridgehead atoms. The molecule has 19 heavy (non-hydrogen) atoms. The third-order valence-corrected chi connectivity index (χ3v) is 3.04. The van der Waals surface area contributed by atoms with Crippen molar-refractivity contribution in [2.75, 3.05) is 13.2 Å². The van der Waals surface area contributed by atoms with Crippen molar-refractivity contribution in [2.24, 2.45) is 0 Å². The maximum absolute atomic E-state index is 11.2. The van der Waals surface area contributed by atoms with E-state index in [1.54, 1.807) is 0 Å². The van der Waals surface area contributed by atoms with Crippen molar-refractivity contribution in [3.8, 4) is 0 Å². The van der Waals surface area contributed by atoms with Gasteiger partial charge in [0.15, 0.2) is 24.4 Å². The van der Waals surface area contributed by atoms with Crippen LogP contribution >= 0.6 is 24.4 Å². The van der Waals surface area contributed by atoms with Gasteiger partial charge in [-0.05, 0) is 0 Å². The quantitative estimate of drug-likeness (QED) is 0.555. The Balaban J connectivity index is 2.14. The number of aliphatic hydroxyl groups is 1. The molecule has 2 fully saturated rings. The molecule has 0 radical (unpaired) electrons. The van der Waals surface area contributed by atoms with Crippen LogP contribution in [0.4, 0.5) is 0 Å². The Hall–Kier alpha value is -1.19. The number of thiocarbonyl (C=S) groups is 2. The van der Waals surface area contributed by atoms with Crippen molar-refractivity contribution in [2.45, 2.75) is 31.3 Å². The van der Waals surface area contributed by atoms with Gasteiger partial charge in [0.25, 0.3) is 0 Å². The standard InChI is InChI=1S/C10H12O7S2/c1-4(12)14-8(6-3-13-9(18)16-6)7-5(2-11)15-10(19)17-7/h5-8,11H,2-3H2,1H3/t5-,6-,7-,8-/m1/s1. The van der Waals surface area contributed by atoms with Gasteiger partial charge < -0.3 is 28.8 Å². The predicted octanol–water partition coefficient (Wildman–Crippen LogP) is -0.320. The number of hydrogen-bond donors (Lipinski definition) is 1. The van der Waals surface area contributed by atoms with Crippen molar-refractivity contribution >= 4 is 40.9 Å². The fourth-order valence-electron chi connectivity index (χ4n) is 1.88. The van der Waals surface area contributed by atoms with Crippen LogP contribution in [0.15, 0.2) is 0 Å². The lowest BCUT2D eigenvalue weighted by molar-refractivity contribution is -0.160. The Kier molecular flexibility index (Phi) is 4.38. The lowest BCUT2D eigenvalue weighted by Gasteiger charge is -2.26. The Morgan fingerprint density at radius 1 is 1.42 bits per heavy atom. The molecule has 0 aromatic rings. The molecule has 0 spiro atoms. The maximum Gasteiger partial charge on any atom is 0.353 e. The van der Waals surface area contributed by atoms with Crippen molar-refractivity contribution in [1.82, 2.24) is 0 Å². The first-order chi connectivity index (χ1) is 9.01. The van der Waals surface area contributed by atoms with Crippen molar-refractivity contribution in [1.29, 1.82) is 0 Å². The molecule has 0 aromatic carbocycles. The largest absolute Gasteiger partial charge is 0.454 e. The van der Waals surface area contributed by atoms with Gasteiger partial charge in [0.2, 0.25) is 0 Å². The van der Waals surface area contributed by atoms with Crippen LogP contribution in [0.5, 0.6) is 0 Å². The molecule has 7 nitrogen and oxygen atoms in total. The first-order valence-corrected chi connectivity index (χ1v) is 6.31. The highest BCUT2D eigenvalue weighted by Gasteiger charge is 2.48. The molecule has 9 heteroatoms. The van der Waals surface area contributed by atoms with E-state index in [9.17, 15) is 9.90 Å². The minimum atomic E-state index is -0.837. The van der Waals surface area contributed by atoms with Crippen molar-refractivity contribution in [3.63, 3.8) is 0 Å². The summed E-state index contributed by atoms with van der Waals surface area (Å²) in [6.07, 6.45) is -2.96. The van der Waals surface area contributed by atoms with E-state index in [0.717, 1.165) is 0 Å². The summed E-state index contributed by atoms with van der Waals surface area (Å²) in [5, 5.41) is 9.10. The zero-order chi connectivity index (χ0) is 14.0. The van der Waals surface area contributed by atoms with Crippen LogP contribution < -0.4 is 0 Å². The summed E-state index contributed by atoms with van der Waals surface area (Å²) in [5.74, 6) is -0.524. The second-order valence-corrected chi connectivity index (χ2v) is 4.63. The number of aliphatic hydroxyl groups excluding tert-OH is 1. The SMILES string of the molecule is CC(=O)O[C@@H]([C@@H]1OC(=S)O[C@@H]1CO)[C@H]1COC(=S)O1. The molecule has 106 valence electrons. The number of carbonyl (C=O) groups excluding carboxylic acids is 1. The third kappa shape index (κ3) is 3.23. The van der Waals surface area contributed by atoms with Gasteiger partial charge in [0, 0.05) is 31.4 Å². The minimum absolute atomic E-state index is 0.0239. The summed E-state index contributed by atoms with van der Waals surface area (Å²) >= 11 is 9.53. The lowest BCUT2D eigenvalue weighted by Crippen LogP contribution is -2.47. The molecule has 2 heterocycles. The predicted molar refractivity (Wildman–Crippen MR) is 68.4 cm³/mol. The van der Waals surface area contributed by atoms with E-state index in [-0.39, 0.29) is 23.7 Å². The number of rotatable bonds is 4. The Bertz CT molecular complexity index is 399. The first kappa shape index (κ1) is 14.2. The average Bonchev–Trinajstić information content (AvgIpc) is 2.92. The smallest absolute Gasteiger partial charge is 0.353 e. The van der Waals surface area contributed by atoms with Gasteiger partial charge in [0.1, 0.15) is 6.61 Å². The zero-order valence-electron chi connectivity index (χ0n) is 9.94. The van der Waals surface area contributed by atoms with E-state index in [4.69, 9.17) is 48.1 Å². The number of hydrogen-bond acceptors (Lipinski definition) is 9. The average molecular weight is 308 g/mol. The van der Waals surface area contributed by atoms with E-state index in [0.29, 0.717) is 0 Å². The summed E-state index contributed by atoms with van der Waals surface area (Å²) in [5.41, 5.74) is 0. The normalized spacial score (nSPS) is 30.9. The fraction of sp³-hybridized carbons (Fsp3) is 0.700. The van der Waals surface area contributed by atoms with Crippen LogP contribution in [0.25, 0.3) is 0 Å². The highest BCUT2D eigenvalue weighted by atomic mass is 32.1. The highest BCUT2D eigenvalue weighted by Crippen LogP contribution is 2.26. The van der Waals surface area contributed by atoms with Gasteiger partial charge in [-0.15, -0.1) is 0 Å². The summed E-state index contributed by atoms with van der Waals surface area (Å²) in [7, 11) is 0. The lowest BCUT2D eigenvalue weighted by atomic mass is 10.0. The van der Waals surface area contributed by atoms with Gasteiger partial charge in [-0.1, -0.05) is 0 Å². The van der Waals surface area contributed by atoms with Crippen molar-refractivity contribution in [3.05, 3.63) is 0 Å². The molecule has 1 N–H and O–H groups in total. The molecular formula is C10H12O7S2. The monoisotopic (exact) mass is 308 g/mol. The molecule has 0 aromatic heterocycles. The Morgan fingerprint density at radius 2 is 2.16 bits per heavy atom. The van der Waals surface area contributed by atoms with Crippen LogP contribution in [0.2, 0.25) is 0 Å². The Labute approximate surface area is 119 Å². The molecule has 2 rings (SSSR count). The van der Waals surface area contributed by atoms with E-state index in [1.165, 1.54) is 6.92 Å². The van der Waals surface area contributed by atoms with Gasteiger partial charge in [-0.3, -0.25) is 4.79 Å². The molecule has 2 saturated heterocycles. The third-order valence-electron chi connectivity index (χ3n) is 2.63. The molecule has 0 saturated carbocycles. The van der Waals surface area contributed by atoms with Gasteiger partial charge in [-0.2, -0.15) is 0 Å². The van der Waals surface area contributed by atoms with Crippen LogP contribution in [0, 0.1) is 0 Å². The molecule has 0 amide bonds. The number of esters is 1. The molecule has 0 aliphatic carbocycles. The summed E-state index contributed by atoms with van der Waals surface area (Å²) in [4.78, 5) is 11.2. The minimum Gasteiger partial charge on any atom is -0.454 e. The zero-order valence-corrected chi connectivity index (χ0v) is 11.6. The highest BCUT2D eigenvalue weighted by molar-refractivity contribution is 7.80. The maximum atomic E-state index is 11.2. The van der Waals surface area contributed by atoms with Crippen molar-refractivity contribution < 1.29 is 33.6 Å². The van der Waals surface area contributed by atoms with Crippen LogP contribution in [-0.2, 0) is 28.5 Å². The molecule has 4 atom stereocenters. The number of carbonyl (C=O) groups is 1. The van der Waals surface area contributed by atoms with Crippen LogP contribution in [0.3, 0.4) is 0 Å². The molecule has 2 aliphatic rings. The second kappa shape index (κ2) is 5.85. The van der Waals surface area contributed by atoms with E-state index in [2.05, 4.69) is 0 Å². The van der Waals surface area contributed by atoms with Gasteiger partial charge >= 0.3 is 16.4 Å². The van der Waals surface area contributed by atoms with E-state index in [1.807, 2.05) is 0 Å².